The van der Waals surface area contributed by atoms with Gasteiger partial charge in [0, 0.05) is 30.9 Å². The van der Waals surface area contributed by atoms with Crippen LogP contribution in [0, 0.1) is 21.4 Å². The second-order valence-corrected chi connectivity index (χ2v) is 6.16. The molecule has 1 N–H and O–H groups in total. The Morgan fingerprint density at radius 1 is 1.15 bits per heavy atom. The van der Waals surface area contributed by atoms with Crippen LogP contribution in [0.5, 0.6) is 0 Å². The zero-order valence-electron chi connectivity index (χ0n) is 14.0. The summed E-state index contributed by atoms with van der Waals surface area (Å²) in [5.41, 5.74) is 1.27. The van der Waals surface area contributed by atoms with Gasteiger partial charge in [0.05, 0.1) is 39.8 Å². The van der Waals surface area contributed by atoms with Crippen molar-refractivity contribution >= 4 is 46.0 Å². The molecular weight excluding hydrogens is 393 g/mol. The van der Waals surface area contributed by atoms with Crippen molar-refractivity contribution in [3.8, 4) is 6.07 Å². The molecule has 0 saturated carbocycles. The minimum absolute atomic E-state index is 0.0238. The minimum Gasteiger partial charge on any atom is -0.395 e. The van der Waals surface area contributed by atoms with Crippen molar-refractivity contribution in [3.05, 3.63) is 56.6 Å². The topological polar surface area (TPSA) is 115 Å². The summed E-state index contributed by atoms with van der Waals surface area (Å²) >= 11 is 12.0. The zero-order valence-corrected chi connectivity index (χ0v) is 15.6. The number of benzene rings is 2. The number of azo groups is 1. The molecule has 10 heteroatoms. The van der Waals surface area contributed by atoms with Crippen LogP contribution in [0.25, 0.3) is 0 Å². The number of hydrogen-bond acceptors (Lipinski definition) is 7. The fourth-order valence-corrected chi connectivity index (χ4v) is 2.82. The molecule has 0 amide bonds. The van der Waals surface area contributed by atoms with E-state index in [4.69, 9.17) is 33.6 Å². The van der Waals surface area contributed by atoms with Crippen molar-refractivity contribution in [2.45, 2.75) is 6.42 Å². The minimum atomic E-state index is -0.595. The molecule has 0 aliphatic carbocycles. The van der Waals surface area contributed by atoms with Crippen molar-refractivity contribution in [2.75, 3.05) is 24.6 Å². The summed E-state index contributed by atoms with van der Waals surface area (Å²) in [6, 6.07) is 11.4. The van der Waals surface area contributed by atoms with Crippen LogP contribution in [-0.4, -0.2) is 29.7 Å². The predicted molar refractivity (Wildman–Crippen MR) is 103 cm³/mol. The molecule has 0 spiro atoms. The molecule has 0 atom stereocenters. The van der Waals surface area contributed by atoms with Gasteiger partial charge in [-0.15, -0.1) is 5.11 Å². The summed E-state index contributed by atoms with van der Waals surface area (Å²) in [5.74, 6) is 0. The van der Waals surface area contributed by atoms with Gasteiger partial charge >= 0.3 is 0 Å². The average Bonchev–Trinajstić information content (AvgIpc) is 2.65. The van der Waals surface area contributed by atoms with E-state index in [0.717, 1.165) is 17.8 Å². The van der Waals surface area contributed by atoms with E-state index in [1.807, 2.05) is 4.90 Å². The average molecular weight is 408 g/mol. The van der Waals surface area contributed by atoms with Crippen molar-refractivity contribution in [2.24, 2.45) is 10.2 Å². The van der Waals surface area contributed by atoms with E-state index >= 15 is 0 Å². The van der Waals surface area contributed by atoms with Crippen molar-refractivity contribution in [1.82, 2.24) is 0 Å². The largest absolute Gasteiger partial charge is 0.395 e. The zero-order chi connectivity index (χ0) is 19.8. The maximum Gasteiger partial charge on any atom is 0.272 e. The Morgan fingerprint density at radius 3 is 2.30 bits per heavy atom. The lowest BCUT2D eigenvalue weighted by Crippen LogP contribution is -2.27. The summed E-state index contributed by atoms with van der Waals surface area (Å²) in [6.07, 6.45) is 0.346. The summed E-state index contributed by atoms with van der Waals surface area (Å²) in [4.78, 5) is 12.1. The van der Waals surface area contributed by atoms with Crippen LogP contribution < -0.4 is 4.90 Å². The maximum absolute atomic E-state index is 10.8. The van der Waals surface area contributed by atoms with E-state index in [1.165, 1.54) is 0 Å². The second-order valence-electron chi connectivity index (χ2n) is 5.35. The number of non-ortho nitro benzene ring substituents is 1. The van der Waals surface area contributed by atoms with Crippen molar-refractivity contribution in [1.29, 1.82) is 5.26 Å². The predicted octanol–water partition coefficient (Wildman–Crippen LogP) is 5.03. The SMILES string of the molecule is N#CCCN(CCO)c1ccc(N=Nc2c(Cl)cc([N+](=O)[O-])cc2Cl)cc1. The van der Waals surface area contributed by atoms with Gasteiger partial charge in [-0.25, -0.2) is 0 Å². The standard InChI is InChI=1S/C17H15Cl2N5O3/c18-15-10-14(24(26)27)11-16(19)17(15)22-21-12-2-4-13(5-3-12)23(8-9-25)7-1-6-20/h2-5,10-11,25H,1,7-9H2. The quantitative estimate of drug-likeness (QED) is 0.374. The molecule has 27 heavy (non-hydrogen) atoms. The smallest absolute Gasteiger partial charge is 0.272 e. The highest BCUT2D eigenvalue weighted by Crippen LogP contribution is 2.37. The van der Waals surface area contributed by atoms with E-state index < -0.39 is 4.92 Å². The van der Waals surface area contributed by atoms with Gasteiger partial charge in [-0.2, -0.15) is 10.4 Å². The molecule has 0 aromatic heterocycles. The molecule has 2 rings (SSSR count). The summed E-state index contributed by atoms with van der Waals surface area (Å²) < 4.78 is 0. The monoisotopic (exact) mass is 407 g/mol. The van der Waals surface area contributed by atoms with E-state index in [0.29, 0.717) is 25.2 Å². The van der Waals surface area contributed by atoms with E-state index in [9.17, 15) is 10.1 Å². The fraction of sp³-hybridized carbons (Fsp3) is 0.235. The maximum atomic E-state index is 10.8. The number of nitriles is 1. The van der Waals surface area contributed by atoms with Crippen LogP contribution in [0.2, 0.25) is 10.0 Å². The lowest BCUT2D eigenvalue weighted by atomic mass is 10.2. The molecule has 0 unspecified atom stereocenters. The van der Waals surface area contributed by atoms with Gasteiger partial charge < -0.3 is 10.0 Å². The highest BCUT2D eigenvalue weighted by atomic mass is 35.5. The van der Waals surface area contributed by atoms with Gasteiger partial charge in [-0.05, 0) is 24.3 Å². The molecule has 0 fully saturated rings. The van der Waals surface area contributed by atoms with Gasteiger partial charge in [0.1, 0.15) is 5.69 Å². The molecule has 0 radical (unpaired) electrons. The van der Waals surface area contributed by atoms with Crippen molar-refractivity contribution in [3.63, 3.8) is 0 Å². The first-order valence-corrected chi connectivity index (χ1v) is 8.60. The van der Waals surface area contributed by atoms with Crippen molar-refractivity contribution < 1.29 is 10.0 Å². The van der Waals surface area contributed by atoms with Crippen LogP contribution in [0.1, 0.15) is 6.42 Å². The first kappa shape index (κ1) is 20.6. The molecule has 0 bridgehead atoms. The first-order chi connectivity index (χ1) is 13.0. The Morgan fingerprint density at radius 2 is 1.78 bits per heavy atom. The lowest BCUT2D eigenvalue weighted by Gasteiger charge is -2.22. The molecular formula is C17H15Cl2N5O3. The highest BCUT2D eigenvalue weighted by Gasteiger charge is 2.14. The van der Waals surface area contributed by atoms with Crippen LogP contribution in [-0.2, 0) is 0 Å². The second kappa shape index (κ2) is 9.83. The fourth-order valence-electron chi connectivity index (χ4n) is 2.27. The first-order valence-electron chi connectivity index (χ1n) is 7.84. The molecule has 0 aliphatic heterocycles. The molecule has 2 aromatic rings. The molecule has 0 aliphatic rings. The van der Waals surface area contributed by atoms with Gasteiger partial charge in [-0.3, -0.25) is 10.1 Å². The molecule has 140 valence electrons. The number of rotatable bonds is 8. The third kappa shape index (κ3) is 5.62. The Balaban J connectivity index is 2.19. The van der Waals surface area contributed by atoms with Crippen LogP contribution in [0.15, 0.2) is 46.6 Å². The summed E-state index contributed by atoms with van der Waals surface area (Å²) in [5, 5.41) is 36.7. The number of nitrogens with zero attached hydrogens (tertiary/aromatic N) is 5. The summed E-state index contributed by atoms with van der Waals surface area (Å²) in [7, 11) is 0. The van der Waals surface area contributed by atoms with Crippen LogP contribution >= 0.6 is 23.2 Å². The Hall–Kier alpha value is -2.73. The number of hydrogen-bond donors (Lipinski definition) is 1. The van der Waals surface area contributed by atoms with Gasteiger partial charge in [0.2, 0.25) is 0 Å². The van der Waals surface area contributed by atoms with E-state index in [-0.39, 0.29) is 28.0 Å². The third-order valence-electron chi connectivity index (χ3n) is 3.56. The Bertz CT molecular complexity index is 858. The van der Waals surface area contributed by atoms with E-state index in [2.05, 4.69) is 16.3 Å². The van der Waals surface area contributed by atoms with Gasteiger partial charge in [0.15, 0.2) is 0 Å². The lowest BCUT2D eigenvalue weighted by molar-refractivity contribution is -0.384. The van der Waals surface area contributed by atoms with Gasteiger partial charge in [0.25, 0.3) is 5.69 Å². The van der Waals surface area contributed by atoms with Crippen LogP contribution in [0.4, 0.5) is 22.7 Å². The molecule has 8 nitrogen and oxygen atoms in total. The number of halogens is 2. The normalized spacial score (nSPS) is 10.7. The number of aliphatic hydroxyl groups is 1. The molecule has 0 heterocycles. The third-order valence-corrected chi connectivity index (χ3v) is 4.13. The Kier molecular flexibility index (Phi) is 7.49. The highest BCUT2D eigenvalue weighted by molar-refractivity contribution is 6.39. The molecule has 2 aromatic carbocycles. The Labute approximate surface area is 165 Å². The number of nitro groups is 1. The van der Waals surface area contributed by atoms with Crippen LogP contribution in [0.3, 0.4) is 0 Å². The van der Waals surface area contributed by atoms with E-state index in [1.54, 1.807) is 24.3 Å². The number of aliphatic hydroxyl groups excluding tert-OH is 1. The summed E-state index contributed by atoms with van der Waals surface area (Å²) in [6.45, 7) is 0.895. The number of nitro benzene ring substituents is 1. The molecule has 0 saturated heterocycles. The number of anilines is 1. The van der Waals surface area contributed by atoms with Gasteiger partial charge in [-0.1, -0.05) is 23.2 Å².